The molecule has 0 aliphatic carbocycles. The molecule has 1 unspecified atom stereocenters. The monoisotopic (exact) mass is 137 g/mol. The van der Waals surface area contributed by atoms with Gasteiger partial charge in [-0.25, -0.2) is 0 Å². The molecule has 0 spiro atoms. The number of carboxylic acid groups (broad SMARTS) is 1. The number of rotatable bonds is 4. The predicted molar refractivity (Wildman–Crippen MR) is 32.8 cm³/mol. The van der Waals surface area contributed by atoms with Crippen molar-refractivity contribution in [3.8, 4) is 0 Å². The molecule has 3 nitrogen and oxygen atoms in total. The third-order valence-corrected chi connectivity index (χ3v) is 1.14. The van der Waals surface area contributed by atoms with E-state index in [1.165, 1.54) is 0 Å². The number of nitrogens with one attached hydrogen (secondary N) is 1. The molecule has 1 atom stereocenters. The summed E-state index contributed by atoms with van der Waals surface area (Å²) in [6.07, 6.45) is 0.580. The summed E-state index contributed by atoms with van der Waals surface area (Å²) in [6.45, 7) is 4.35. The van der Waals surface area contributed by atoms with Crippen molar-refractivity contribution in [1.82, 2.24) is 5.32 Å². The molecule has 0 heterocycles. The summed E-state index contributed by atoms with van der Waals surface area (Å²) in [5.74, 6) is -1.01. The molecule has 0 aromatic carbocycles. The molecule has 0 radical (unpaired) electrons. The molecule has 0 aromatic rings. The first-order valence-corrected chi connectivity index (χ1v) is 3.16. The van der Waals surface area contributed by atoms with Gasteiger partial charge in [-0.05, 0) is 13.0 Å². The molecule has 0 amide bonds. The van der Waals surface area contributed by atoms with Crippen LogP contribution in [0.3, 0.4) is 0 Å². The molecule has 0 saturated carbocycles. The summed E-state index contributed by atoms with van der Waals surface area (Å²) in [4.78, 5) is 10.1. The summed E-state index contributed by atoms with van der Waals surface area (Å²) in [7, 11) is 0. The summed E-state index contributed by atoms with van der Waals surface area (Å²) in [5, 5.41) is 12.9. The molecule has 0 rings (SSSR count). The van der Waals surface area contributed by atoms with Crippen molar-refractivity contribution in [2.45, 2.75) is 26.3 Å². The maximum atomic E-state index is 10.1. The van der Waals surface area contributed by atoms with E-state index in [1.807, 2.05) is 13.8 Å². The Morgan fingerprint density at radius 2 is 2.10 bits per heavy atom. The normalized spacial score (nSPS) is 11.8. The van der Waals surface area contributed by atoms with Crippen molar-refractivity contribution in [2.24, 2.45) is 0 Å². The van der Waals surface area contributed by atoms with Gasteiger partial charge in [0.15, 0.2) is 0 Å². The van der Waals surface area contributed by atoms with Gasteiger partial charge in [0.25, 0.3) is 0 Å². The van der Waals surface area contributed by atoms with E-state index in [1.54, 1.807) is 0 Å². The number of carbonyl (C=O) groups is 1. The molecule has 1 N–H and O–H groups in total. The molecule has 0 fully saturated rings. The van der Waals surface area contributed by atoms with E-state index in [0.29, 0.717) is 13.0 Å². The summed E-state index contributed by atoms with van der Waals surface area (Å²) in [6, 6.07) is -0.477. The van der Waals surface area contributed by atoms with Crippen molar-refractivity contribution < 1.29 is 28.8 Å². The van der Waals surface area contributed by atoms with Gasteiger partial charge in [0.05, 0.1) is 5.97 Å². The van der Waals surface area contributed by atoms with Gasteiger partial charge >= 0.3 is 18.9 Å². The number of hydrogen-bond donors (Lipinski definition) is 1. The summed E-state index contributed by atoms with van der Waals surface area (Å²) >= 11 is 0. The summed E-state index contributed by atoms with van der Waals surface area (Å²) < 4.78 is 0. The maximum Gasteiger partial charge on any atom is 1.00 e. The molecular formula is C6H12LiNO2. The van der Waals surface area contributed by atoms with Crippen molar-refractivity contribution in [2.75, 3.05) is 6.54 Å². The minimum Gasteiger partial charge on any atom is -0.548 e. The summed E-state index contributed by atoms with van der Waals surface area (Å²) in [5.41, 5.74) is 0. The molecule has 0 bridgehead atoms. The van der Waals surface area contributed by atoms with Crippen LogP contribution in [-0.2, 0) is 4.79 Å². The first-order valence-electron chi connectivity index (χ1n) is 3.16. The molecule has 54 valence electrons. The van der Waals surface area contributed by atoms with Crippen molar-refractivity contribution in [1.29, 1.82) is 0 Å². The van der Waals surface area contributed by atoms with Crippen molar-refractivity contribution >= 4 is 5.97 Å². The number of carboxylic acids is 1. The van der Waals surface area contributed by atoms with Gasteiger partial charge in [-0.2, -0.15) is 0 Å². The van der Waals surface area contributed by atoms with Gasteiger partial charge in [-0.1, -0.05) is 13.8 Å². The third kappa shape index (κ3) is 4.86. The Morgan fingerprint density at radius 3 is 2.20 bits per heavy atom. The van der Waals surface area contributed by atoms with E-state index in [4.69, 9.17) is 0 Å². The van der Waals surface area contributed by atoms with Crippen LogP contribution >= 0.6 is 0 Å². The second kappa shape index (κ2) is 7.14. The third-order valence-electron chi connectivity index (χ3n) is 1.14. The minimum absolute atomic E-state index is 0. The topological polar surface area (TPSA) is 52.2 Å². The van der Waals surface area contributed by atoms with Gasteiger partial charge in [-0.15, -0.1) is 0 Å². The van der Waals surface area contributed by atoms with Crippen LogP contribution in [0.1, 0.15) is 20.3 Å². The molecule has 0 saturated heterocycles. The van der Waals surface area contributed by atoms with E-state index in [-0.39, 0.29) is 18.9 Å². The van der Waals surface area contributed by atoms with Crippen LogP contribution in [0.5, 0.6) is 0 Å². The van der Waals surface area contributed by atoms with E-state index in [2.05, 4.69) is 5.32 Å². The number of likely N-dealkylation sites (N-methyl/N-ethyl adjacent to an activating group) is 1. The fourth-order valence-electron chi connectivity index (χ4n) is 0.641. The minimum atomic E-state index is -1.01. The average molecular weight is 137 g/mol. The second-order valence-corrected chi connectivity index (χ2v) is 1.84. The molecule has 4 heteroatoms. The Labute approximate surface area is 73.4 Å². The first kappa shape index (κ1) is 12.7. The van der Waals surface area contributed by atoms with Crippen LogP contribution in [-0.4, -0.2) is 18.6 Å². The number of hydrogen-bond acceptors (Lipinski definition) is 3. The van der Waals surface area contributed by atoms with E-state index in [9.17, 15) is 9.90 Å². The van der Waals surface area contributed by atoms with Gasteiger partial charge in [-0.3, -0.25) is 0 Å². The Balaban J connectivity index is 0. The van der Waals surface area contributed by atoms with Crippen LogP contribution in [0, 0.1) is 0 Å². The average Bonchev–Trinajstić information content (AvgIpc) is 1.82. The standard InChI is InChI=1S/C6H13NO2.Li/c1-3-5(6(8)9)7-4-2;/h5,7H,3-4H2,1-2H3,(H,8,9);/q;+1/p-1. The fourth-order valence-corrected chi connectivity index (χ4v) is 0.641. The Morgan fingerprint density at radius 1 is 1.60 bits per heavy atom. The molecular weight excluding hydrogens is 125 g/mol. The zero-order chi connectivity index (χ0) is 7.28. The van der Waals surface area contributed by atoms with E-state index >= 15 is 0 Å². The zero-order valence-corrected chi connectivity index (χ0v) is 6.81. The van der Waals surface area contributed by atoms with Crippen LogP contribution in [0.15, 0.2) is 0 Å². The van der Waals surface area contributed by atoms with Crippen LogP contribution in [0.25, 0.3) is 0 Å². The van der Waals surface area contributed by atoms with Crippen LogP contribution < -0.4 is 29.3 Å². The Hall–Kier alpha value is 0.0274. The van der Waals surface area contributed by atoms with Gasteiger partial charge in [0, 0.05) is 6.04 Å². The smallest absolute Gasteiger partial charge is 0.548 e. The predicted octanol–water partition coefficient (Wildman–Crippen LogP) is -3.87. The van der Waals surface area contributed by atoms with Crippen LogP contribution in [0.2, 0.25) is 0 Å². The quantitative estimate of drug-likeness (QED) is 0.403. The Bertz CT molecular complexity index is 97.7. The molecule has 0 aliphatic rings. The fraction of sp³-hybridized carbons (Fsp3) is 0.833. The molecule has 0 aromatic heterocycles. The van der Waals surface area contributed by atoms with Gasteiger partial charge < -0.3 is 15.2 Å². The first-order chi connectivity index (χ1) is 4.22. The van der Waals surface area contributed by atoms with E-state index in [0.717, 1.165) is 0 Å². The molecule has 0 aliphatic heterocycles. The SMILES string of the molecule is CCNC(CC)C(=O)[O-].[Li+]. The molecule has 10 heavy (non-hydrogen) atoms. The van der Waals surface area contributed by atoms with E-state index < -0.39 is 12.0 Å². The van der Waals surface area contributed by atoms with Gasteiger partial charge in [0.2, 0.25) is 0 Å². The number of carbonyl (C=O) groups excluding carboxylic acids is 1. The second-order valence-electron chi connectivity index (χ2n) is 1.84. The number of aliphatic carboxylic acids is 1. The van der Waals surface area contributed by atoms with Crippen molar-refractivity contribution in [3.05, 3.63) is 0 Å². The van der Waals surface area contributed by atoms with Crippen molar-refractivity contribution in [3.63, 3.8) is 0 Å². The van der Waals surface area contributed by atoms with Gasteiger partial charge in [0.1, 0.15) is 0 Å². The Kier molecular flexibility index (Phi) is 9.05. The largest absolute Gasteiger partial charge is 1.00 e. The van der Waals surface area contributed by atoms with Crippen LogP contribution in [0.4, 0.5) is 0 Å². The zero-order valence-electron chi connectivity index (χ0n) is 6.81. The maximum absolute atomic E-state index is 10.1.